The van der Waals surface area contributed by atoms with Gasteiger partial charge < -0.3 is 5.11 Å². The van der Waals surface area contributed by atoms with Gasteiger partial charge in [0.05, 0.1) is 21.5 Å². The molecule has 0 saturated heterocycles. The van der Waals surface area contributed by atoms with E-state index in [0.717, 1.165) is 4.88 Å². The third kappa shape index (κ3) is 1.84. The number of hydrogen-bond acceptors (Lipinski definition) is 4. The minimum Gasteiger partial charge on any atom is -0.478 e. The highest BCUT2D eigenvalue weighted by molar-refractivity contribution is 7.13. The lowest BCUT2D eigenvalue weighted by molar-refractivity contribution is 0.0697. The molecule has 0 spiro atoms. The molecule has 0 fully saturated rings. The van der Waals surface area contributed by atoms with Crippen LogP contribution in [0.3, 0.4) is 0 Å². The Hall–Kier alpha value is -2.27. The van der Waals surface area contributed by atoms with Crippen molar-refractivity contribution in [2.24, 2.45) is 0 Å². The first-order chi connectivity index (χ1) is 8.74. The van der Waals surface area contributed by atoms with Crippen molar-refractivity contribution < 1.29 is 9.90 Å². The third-order valence-electron chi connectivity index (χ3n) is 2.49. The van der Waals surface area contributed by atoms with Crippen LogP contribution in [0.15, 0.2) is 35.7 Å². The Bertz CT molecular complexity index is 723. The first-order valence-electron chi connectivity index (χ1n) is 5.21. The molecule has 0 bridgehead atoms. The van der Waals surface area contributed by atoms with Crippen LogP contribution in [0.5, 0.6) is 0 Å². The fourth-order valence-electron chi connectivity index (χ4n) is 1.62. The van der Waals surface area contributed by atoms with Crippen molar-refractivity contribution in [3.05, 3.63) is 47.5 Å². The molecule has 1 radical (unpaired) electrons. The maximum atomic E-state index is 10.9. The average molecular weight is 255 g/mol. The largest absolute Gasteiger partial charge is 0.478 e. The number of carboxylic acids is 1. The van der Waals surface area contributed by atoms with E-state index in [4.69, 9.17) is 5.11 Å². The van der Waals surface area contributed by atoms with E-state index in [1.165, 1.54) is 12.1 Å². The summed E-state index contributed by atoms with van der Waals surface area (Å²) in [7, 11) is 0. The molecule has 0 atom stereocenters. The van der Waals surface area contributed by atoms with Crippen molar-refractivity contribution >= 4 is 28.3 Å². The Balaban J connectivity index is 2.18. The van der Waals surface area contributed by atoms with Gasteiger partial charge in [-0.15, -0.1) is 11.3 Å². The first-order valence-corrected chi connectivity index (χ1v) is 6.09. The number of hydrogen-bond donors (Lipinski definition) is 1. The van der Waals surface area contributed by atoms with Crippen LogP contribution in [0.1, 0.15) is 10.4 Å². The lowest BCUT2D eigenvalue weighted by Gasteiger charge is -2.00. The molecule has 2 aromatic heterocycles. The summed E-state index contributed by atoms with van der Waals surface area (Å²) in [5.41, 5.74) is 2.05. The predicted octanol–water partition coefficient (Wildman–Crippen LogP) is 2.86. The molecule has 4 nitrogen and oxygen atoms in total. The van der Waals surface area contributed by atoms with E-state index in [0.29, 0.717) is 16.7 Å². The molecule has 0 aliphatic rings. The molecular weight excluding hydrogens is 248 g/mol. The highest BCUT2D eigenvalue weighted by Crippen LogP contribution is 2.23. The van der Waals surface area contributed by atoms with E-state index in [2.05, 4.69) is 16.2 Å². The van der Waals surface area contributed by atoms with Gasteiger partial charge in [-0.25, -0.2) is 14.8 Å². The molecular formula is C13H7N2O2S. The van der Waals surface area contributed by atoms with Crippen LogP contribution in [-0.4, -0.2) is 21.0 Å². The second kappa shape index (κ2) is 4.19. The SMILES string of the molecule is O=C(O)c1ccc2n[c]c(-c3cccs3)nc2c1. The maximum absolute atomic E-state index is 10.9. The number of carbonyl (C=O) groups is 1. The Morgan fingerprint density at radius 3 is 2.89 bits per heavy atom. The fraction of sp³-hybridized carbons (Fsp3) is 0. The van der Waals surface area contributed by atoms with Crippen molar-refractivity contribution in [2.45, 2.75) is 0 Å². The van der Waals surface area contributed by atoms with Crippen LogP contribution in [0.2, 0.25) is 0 Å². The predicted molar refractivity (Wildman–Crippen MR) is 68.6 cm³/mol. The van der Waals surface area contributed by atoms with Gasteiger partial charge in [0.2, 0.25) is 0 Å². The number of thiophene rings is 1. The van der Waals surface area contributed by atoms with Crippen LogP contribution in [0, 0.1) is 6.20 Å². The molecule has 0 aliphatic carbocycles. The zero-order valence-corrected chi connectivity index (χ0v) is 9.94. The minimum absolute atomic E-state index is 0.208. The Morgan fingerprint density at radius 2 is 2.17 bits per heavy atom. The quantitative estimate of drug-likeness (QED) is 0.764. The lowest BCUT2D eigenvalue weighted by Crippen LogP contribution is -1.97. The minimum atomic E-state index is -0.968. The summed E-state index contributed by atoms with van der Waals surface area (Å²) in [6.45, 7) is 0. The average Bonchev–Trinajstić information content (AvgIpc) is 2.91. The summed E-state index contributed by atoms with van der Waals surface area (Å²) in [6.07, 6.45) is 2.86. The number of fused-ring (bicyclic) bond motifs is 1. The van der Waals surface area contributed by atoms with Crippen LogP contribution < -0.4 is 0 Å². The molecule has 0 amide bonds. The van der Waals surface area contributed by atoms with Crippen LogP contribution in [0.25, 0.3) is 21.6 Å². The van der Waals surface area contributed by atoms with Gasteiger partial charge in [0.25, 0.3) is 0 Å². The van der Waals surface area contributed by atoms with E-state index < -0.39 is 5.97 Å². The number of rotatable bonds is 2. The highest BCUT2D eigenvalue weighted by atomic mass is 32.1. The zero-order chi connectivity index (χ0) is 12.5. The van der Waals surface area contributed by atoms with Gasteiger partial charge in [-0.1, -0.05) is 6.07 Å². The monoisotopic (exact) mass is 255 g/mol. The van der Waals surface area contributed by atoms with E-state index in [1.807, 2.05) is 17.5 Å². The number of benzene rings is 1. The second-order valence-electron chi connectivity index (χ2n) is 3.67. The molecule has 3 rings (SSSR count). The van der Waals surface area contributed by atoms with Crippen LogP contribution in [-0.2, 0) is 0 Å². The standard InChI is InChI=1S/C13H7N2O2S/c16-13(17)8-3-4-9-10(6-8)15-11(7-14-9)12-2-1-5-18-12/h1-6H,(H,16,17). The second-order valence-corrected chi connectivity index (χ2v) is 4.62. The van der Waals surface area contributed by atoms with Gasteiger partial charge in [-0.05, 0) is 29.6 Å². The molecule has 1 aromatic carbocycles. The molecule has 0 aliphatic heterocycles. The van der Waals surface area contributed by atoms with Crippen molar-refractivity contribution in [3.8, 4) is 10.6 Å². The number of aromatic carboxylic acids is 1. The molecule has 2 heterocycles. The molecule has 1 N–H and O–H groups in total. The summed E-state index contributed by atoms with van der Waals surface area (Å²) in [6, 6.07) is 8.53. The summed E-state index contributed by atoms with van der Waals surface area (Å²) in [5, 5.41) is 10.9. The van der Waals surface area contributed by atoms with E-state index in [9.17, 15) is 4.79 Å². The topological polar surface area (TPSA) is 63.1 Å². The molecule has 3 aromatic rings. The maximum Gasteiger partial charge on any atom is 0.335 e. The van der Waals surface area contributed by atoms with Crippen LogP contribution >= 0.6 is 11.3 Å². The summed E-state index contributed by atoms with van der Waals surface area (Å²) in [5.74, 6) is -0.968. The van der Waals surface area contributed by atoms with Crippen LogP contribution in [0.4, 0.5) is 0 Å². The molecule has 5 heteroatoms. The van der Waals surface area contributed by atoms with Gasteiger partial charge in [0.1, 0.15) is 11.9 Å². The van der Waals surface area contributed by atoms with Gasteiger partial charge in [0.15, 0.2) is 0 Å². The van der Waals surface area contributed by atoms with Gasteiger partial charge in [0, 0.05) is 0 Å². The number of aromatic nitrogens is 2. The third-order valence-corrected chi connectivity index (χ3v) is 3.37. The van der Waals surface area contributed by atoms with Crippen molar-refractivity contribution in [3.63, 3.8) is 0 Å². The summed E-state index contributed by atoms with van der Waals surface area (Å²) >= 11 is 1.55. The Kier molecular flexibility index (Phi) is 2.53. The van der Waals surface area contributed by atoms with Crippen molar-refractivity contribution in [2.75, 3.05) is 0 Å². The van der Waals surface area contributed by atoms with E-state index in [1.54, 1.807) is 17.4 Å². The molecule has 18 heavy (non-hydrogen) atoms. The zero-order valence-electron chi connectivity index (χ0n) is 9.12. The molecule has 87 valence electrons. The van der Waals surface area contributed by atoms with Gasteiger partial charge in [-0.3, -0.25) is 0 Å². The Labute approximate surface area is 107 Å². The van der Waals surface area contributed by atoms with Crippen molar-refractivity contribution in [1.82, 2.24) is 9.97 Å². The lowest BCUT2D eigenvalue weighted by atomic mass is 10.2. The van der Waals surface area contributed by atoms with E-state index in [-0.39, 0.29) is 5.56 Å². The van der Waals surface area contributed by atoms with Crippen molar-refractivity contribution in [1.29, 1.82) is 0 Å². The van der Waals surface area contributed by atoms with E-state index >= 15 is 0 Å². The normalized spacial score (nSPS) is 10.7. The number of nitrogens with zero attached hydrogens (tertiary/aromatic N) is 2. The summed E-state index contributed by atoms with van der Waals surface area (Å²) in [4.78, 5) is 20.4. The molecule has 0 saturated carbocycles. The van der Waals surface area contributed by atoms with Gasteiger partial charge in [-0.2, -0.15) is 0 Å². The summed E-state index contributed by atoms with van der Waals surface area (Å²) < 4.78 is 0. The number of carboxylic acid groups (broad SMARTS) is 1. The first kappa shape index (κ1) is 10.9. The highest BCUT2D eigenvalue weighted by Gasteiger charge is 2.07. The Morgan fingerprint density at radius 1 is 1.28 bits per heavy atom. The smallest absolute Gasteiger partial charge is 0.335 e. The fourth-order valence-corrected chi connectivity index (χ4v) is 2.29. The molecule has 0 unspecified atom stereocenters. The van der Waals surface area contributed by atoms with Gasteiger partial charge >= 0.3 is 5.97 Å².